The minimum Gasteiger partial charge on any atom is -0.424 e. The summed E-state index contributed by atoms with van der Waals surface area (Å²) in [5.74, 6) is 1.54. The Kier molecular flexibility index (Phi) is 8.76. The molecular formula is C32H31ClN8O3S. The predicted molar refractivity (Wildman–Crippen MR) is 176 cm³/mol. The molecule has 230 valence electrons. The number of carbonyl (C=O) groups is 2. The van der Waals surface area contributed by atoms with Gasteiger partial charge in [0.05, 0.1) is 39.4 Å². The van der Waals surface area contributed by atoms with Gasteiger partial charge in [-0.05, 0) is 73.2 Å². The molecule has 0 radical (unpaired) electrons. The Balaban J connectivity index is 1.08. The summed E-state index contributed by atoms with van der Waals surface area (Å²) < 4.78 is 7.44. The number of carbonyl (C=O) groups excluding carboxylic acids is 2. The van der Waals surface area contributed by atoms with Crippen molar-refractivity contribution in [3.8, 4) is 27.9 Å². The average molecular weight is 643 g/mol. The number of nitrogens with zero attached hydrogens (tertiary/aromatic N) is 6. The van der Waals surface area contributed by atoms with Gasteiger partial charge in [-0.15, -0.1) is 0 Å². The van der Waals surface area contributed by atoms with Crippen LogP contribution in [-0.4, -0.2) is 43.2 Å². The van der Waals surface area contributed by atoms with Crippen molar-refractivity contribution in [1.29, 1.82) is 0 Å². The molecule has 4 heterocycles. The van der Waals surface area contributed by atoms with Gasteiger partial charge in [-0.2, -0.15) is 5.10 Å². The summed E-state index contributed by atoms with van der Waals surface area (Å²) in [4.78, 5) is 40.6. The van der Waals surface area contributed by atoms with Gasteiger partial charge < -0.3 is 10.1 Å². The molecule has 5 aromatic rings. The van der Waals surface area contributed by atoms with E-state index in [0.717, 1.165) is 39.7 Å². The number of ether oxygens (including phenoxy) is 1. The number of hydrogen-bond acceptors (Lipinski definition) is 8. The molecule has 13 heteroatoms. The van der Waals surface area contributed by atoms with E-state index in [2.05, 4.69) is 39.4 Å². The van der Waals surface area contributed by atoms with Crippen LogP contribution >= 0.6 is 22.9 Å². The van der Waals surface area contributed by atoms with Crippen LogP contribution in [-0.2, 0) is 11.2 Å². The second kappa shape index (κ2) is 13.0. The zero-order valence-corrected chi connectivity index (χ0v) is 26.5. The standard InChI is InChI=1S/C32H31ClN8O3S/c1-19(2)13-22-15-28(41(39-22)26-11-6-20(3)14-25(26)33)38-30(43)37-23-16-34-31(35-17-23)44-24-9-7-21(8-10-24)27-18-36-32(45-27)40-12-4-5-29(40)42/h6-11,14-19H,4-5,12-13H2,1-3H3,(H2,37,38,43). The fourth-order valence-corrected chi connectivity index (χ4v) is 6.16. The van der Waals surface area contributed by atoms with Crippen LogP contribution in [0.2, 0.25) is 5.02 Å². The molecule has 0 aliphatic carbocycles. The lowest BCUT2D eigenvalue weighted by atomic mass is 10.1. The van der Waals surface area contributed by atoms with Crippen molar-refractivity contribution >= 4 is 51.5 Å². The highest BCUT2D eigenvalue weighted by Crippen LogP contribution is 2.34. The molecular weight excluding hydrogens is 612 g/mol. The molecule has 0 spiro atoms. The number of aryl methyl sites for hydroxylation is 1. The zero-order valence-electron chi connectivity index (χ0n) is 25.0. The molecule has 45 heavy (non-hydrogen) atoms. The molecule has 1 fully saturated rings. The highest BCUT2D eigenvalue weighted by molar-refractivity contribution is 7.19. The molecule has 1 saturated heterocycles. The number of halogens is 1. The quantitative estimate of drug-likeness (QED) is 0.170. The Morgan fingerprint density at radius 2 is 1.82 bits per heavy atom. The molecule has 2 N–H and O–H groups in total. The van der Waals surface area contributed by atoms with Crippen molar-refractivity contribution < 1.29 is 14.3 Å². The van der Waals surface area contributed by atoms with Gasteiger partial charge in [0, 0.05) is 25.2 Å². The lowest BCUT2D eigenvalue weighted by molar-refractivity contribution is -0.117. The van der Waals surface area contributed by atoms with Crippen molar-refractivity contribution in [2.45, 2.75) is 40.0 Å². The Morgan fingerprint density at radius 3 is 2.51 bits per heavy atom. The number of hydrogen-bond donors (Lipinski definition) is 2. The van der Waals surface area contributed by atoms with Crippen LogP contribution in [0.15, 0.2) is 67.1 Å². The van der Waals surface area contributed by atoms with Crippen molar-refractivity contribution in [1.82, 2.24) is 24.7 Å². The third-order valence-corrected chi connectivity index (χ3v) is 8.35. The van der Waals surface area contributed by atoms with Crippen LogP contribution in [0.3, 0.4) is 0 Å². The number of nitrogens with one attached hydrogen (secondary N) is 2. The van der Waals surface area contributed by atoms with Crippen LogP contribution in [0.4, 0.5) is 21.4 Å². The second-order valence-corrected chi connectivity index (χ2v) is 12.5. The summed E-state index contributed by atoms with van der Waals surface area (Å²) >= 11 is 8.01. The van der Waals surface area contributed by atoms with E-state index in [1.165, 1.54) is 23.7 Å². The van der Waals surface area contributed by atoms with Crippen LogP contribution in [0.25, 0.3) is 16.1 Å². The smallest absolute Gasteiger partial charge is 0.324 e. The third-order valence-electron chi connectivity index (χ3n) is 6.98. The van der Waals surface area contributed by atoms with Crippen molar-refractivity contribution in [2.24, 2.45) is 5.92 Å². The molecule has 0 bridgehead atoms. The lowest BCUT2D eigenvalue weighted by Crippen LogP contribution is -2.23. The van der Waals surface area contributed by atoms with Crippen molar-refractivity contribution in [3.63, 3.8) is 0 Å². The SMILES string of the molecule is Cc1ccc(-n2nc(CC(C)C)cc2NC(=O)Nc2cnc(Oc3ccc(-c4cnc(N5CCCC5=O)s4)cc3)nc2)c(Cl)c1. The Labute approximate surface area is 269 Å². The Bertz CT molecular complexity index is 1840. The van der Waals surface area contributed by atoms with Crippen LogP contribution in [0, 0.1) is 12.8 Å². The molecule has 2 aromatic carbocycles. The van der Waals surface area contributed by atoms with E-state index in [1.807, 2.05) is 55.5 Å². The first-order valence-corrected chi connectivity index (χ1v) is 15.7. The highest BCUT2D eigenvalue weighted by Gasteiger charge is 2.24. The normalized spacial score (nSPS) is 13.0. The van der Waals surface area contributed by atoms with E-state index >= 15 is 0 Å². The maximum absolute atomic E-state index is 12.9. The first-order chi connectivity index (χ1) is 21.7. The minimum atomic E-state index is -0.483. The van der Waals surface area contributed by atoms with Crippen molar-refractivity contribution in [3.05, 3.63) is 83.4 Å². The first kappa shape index (κ1) is 30.2. The fourth-order valence-electron chi connectivity index (χ4n) is 4.88. The number of rotatable bonds is 9. The second-order valence-electron chi connectivity index (χ2n) is 11.1. The first-order valence-electron chi connectivity index (χ1n) is 14.5. The molecule has 1 aliphatic rings. The molecule has 6 rings (SSSR count). The molecule has 3 aromatic heterocycles. The number of anilines is 3. The summed E-state index contributed by atoms with van der Waals surface area (Å²) in [6.07, 6.45) is 6.89. The third kappa shape index (κ3) is 7.13. The summed E-state index contributed by atoms with van der Waals surface area (Å²) in [7, 11) is 0. The Morgan fingerprint density at radius 1 is 1.04 bits per heavy atom. The van der Waals surface area contributed by atoms with Gasteiger partial charge >= 0.3 is 12.0 Å². The lowest BCUT2D eigenvalue weighted by Gasteiger charge is -2.12. The number of urea groups is 1. The molecule has 3 amide bonds. The molecule has 11 nitrogen and oxygen atoms in total. The summed E-state index contributed by atoms with van der Waals surface area (Å²) in [5, 5.41) is 11.6. The van der Waals surface area contributed by atoms with E-state index in [9.17, 15) is 9.59 Å². The van der Waals surface area contributed by atoms with Gasteiger partial charge in [0.1, 0.15) is 11.6 Å². The van der Waals surface area contributed by atoms with Gasteiger partial charge in [0.25, 0.3) is 0 Å². The number of thiazole rings is 1. The van der Waals surface area contributed by atoms with E-state index < -0.39 is 6.03 Å². The van der Waals surface area contributed by atoms with E-state index in [1.54, 1.807) is 15.8 Å². The summed E-state index contributed by atoms with van der Waals surface area (Å²) in [5.41, 5.74) is 3.88. The largest absolute Gasteiger partial charge is 0.424 e. The summed E-state index contributed by atoms with van der Waals surface area (Å²) in [6, 6.07) is 14.6. The molecule has 0 saturated carbocycles. The predicted octanol–water partition coefficient (Wildman–Crippen LogP) is 7.51. The monoisotopic (exact) mass is 642 g/mol. The number of aromatic nitrogens is 5. The van der Waals surface area contributed by atoms with Gasteiger partial charge in [0.2, 0.25) is 5.91 Å². The maximum Gasteiger partial charge on any atom is 0.324 e. The summed E-state index contributed by atoms with van der Waals surface area (Å²) in [6.45, 7) is 6.89. The van der Waals surface area contributed by atoms with E-state index in [-0.39, 0.29) is 11.9 Å². The van der Waals surface area contributed by atoms with E-state index in [0.29, 0.717) is 46.8 Å². The van der Waals surface area contributed by atoms with Gasteiger partial charge in [-0.1, -0.05) is 42.9 Å². The van der Waals surface area contributed by atoms with Crippen LogP contribution in [0.5, 0.6) is 11.8 Å². The molecule has 0 unspecified atom stereocenters. The Hall–Kier alpha value is -4.81. The molecule has 1 aliphatic heterocycles. The minimum absolute atomic E-state index is 0.119. The van der Waals surface area contributed by atoms with E-state index in [4.69, 9.17) is 21.4 Å². The van der Waals surface area contributed by atoms with Crippen LogP contribution < -0.4 is 20.3 Å². The molecule has 0 atom stereocenters. The average Bonchev–Trinajstić information content (AvgIpc) is 3.74. The van der Waals surface area contributed by atoms with Crippen LogP contribution in [0.1, 0.15) is 37.9 Å². The van der Waals surface area contributed by atoms with Gasteiger partial charge in [-0.25, -0.2) is 24.4 Å². The van der Waals surface area contributed by atoms with Gasteiger partial charge in [0.15, 0.2) is 5.13 Å². The zero-order chi connectivity index (χ0) is 31.5. The van der Waals surface area contributed by atoms with Crippen molar-refractivity contribution in [2.75, 3.05) is 22.1 Å². The maximum atomic E-state index is 12.9. The number of benzene rings is 2. The number of amides is 3. The highest BCUT2D eigenvalue weighted by atomic mass is 35.5. The topological polar surface area (TPSA) is 127 Å². The van der Waals surface area contributed by atoms with Gasteiger partial charge in [-0.3, -0.25) is 15.0 Å². The fraction of sp³-hybridized carbons (Fsp3) is 0.250.